The van der Waals surface area contributed by atoms with Crippen LogP contribution in [0.4, 0.5) is 11.4 Å². The van der Waals surface area contributed by atoms with Gasteiger partial charge in [-0.2, -0.15) is 0 Å². The van der Waals surface area contributed by atoms with E-state index in [0.717, 1.165) is 11.1 Å². The number of amides is 1. The Kier molecular flexibility index (Phi) is 4.82. The maximum atomic E-state index is 12.2. The molecule has 2 rings (SSSR count). The van der Waals surface area contributed by atoms with Crippen LogP contribution in [0.1, 0.15) is 18.1 Å². The molecule has 0 aromatic heterocycles. The summed E-state index contributed by atoms with van der Waals surface area (Å²) in [6, 6.07) is 14.0. The largest absolute Gasteiger partial charge is 0.326 e. The summed E-state index contributed by atoms with van der Waals surface area (Å²) >= 11 is 0. The van der Waals surface area contributed by atoms with E-state index in [2.05, 4.69) is 10.0 Å². The highest BCUT2D eigenvalue weighted by molar-refractivity contribution is 7.91. The minimum atomic E-state index is -3.51. The van der Waals surface area contributed by atoms with Gasteiger partial charge in [0.25, 0.3) is 0 Å². The fourth-order valence-electron chi connectivity index (χ4n) is 2.10. The number of aryl methyl sites for hydroxylation is 1. The van der Waals surface area contributed by atoms with E-state index in [4.69, 9.17) is 0 Å². The normalized spacial score (nSPS) is 11.0. The number of anilines is 2. The van der Waals surface area contributed by atoms with E-state index in [1.54, 1.807) is 30.3 Å². The summed E-state index contributed by atoms with van der Waals surface area (Å²) in [6.07, 6.45) is 0. The molecule has 0 fully saturated rings. The lowest BCUT2D eigenvalue weighted by Gasteiger charge is -2.10. The average Bonchev–Trinajstić information content (AvgIpc) is 2.36. The zero-order valence-corrected chi connectivity index (χ0v) is 13.3. The van der Waals surface area contributed by atoms with E-state index in [1.807, 2.05) is 25.1 Å². The average molecular weight is 318 g/mol. The number of benzene rings is 2. The highest BCUT2D eigenvalue weighted by atomic mass is 32.2. The van der Waals surface area contributed by atoms with Crippen molar-refractivity contribution in [2.45, 2.75) is 19.6 Å². The zero-order chi connectivity index (χ0) is 16.2. The number of sulfonamides is 1. The first kappa shape index (κ1) is 16.0. The number of rotatable bonds is 5. The molecule has 0 unspecified atom stereocenters. The van der Waals surface area contributed by atoms with Gasteiger partial charge in [-0.05, 0) is 30.7 Å². The molecule has 0 bridgehead atoms. The molecule has 0 aliphatic rings. The third-order valence-corrected chi connectivity index (χ3v) is 4.16. The molecule has 2 aromatic carbocycles. The molecule has 0 atom stereocenters. The Morgan fingerprint density at radius 1 is 1.05 bits per heavy atom. The first-order valence-corrected chi connectivity index (χ1v) is 8.43. The van der Waals surface area contributed by atoms with Crippen molar-refractivity contribution in [2.24, 2.45) is 0 Å². The van der Waals surface area contributed by atoms with Crippen molar-refractivity contribution in [2.75, 3.05) is 10.0 Å². The van der Waals surface area contributed by atoms with Crippen LogP contribution in [0.15, 0.2) is 48.5 Å². The molecule has 0 saturated carbocycles. The van der Waals surface area contributed by atoms with E-state index in [-0.39, 0.29) is 11.7 Å². The monoisotopic (exact) mass is 318 g/mol. The summed E-state index contributed by atoms with van der Waals surface area (Å²) in [4.78, 5) is 11.0. The predicted molar refractivity (Wildman–Crippen MR) is 88.2 cm³/mol. The Hall–Kier alpha value is -2.34. The van der Waals surface area contributed by atoms with Gasteiger partial charge in [0.05, 0.1) is 11.4 Å². The molecule has 0 radical (unpaired) electrons. The number of hydrogen-bond acceptors (Lipinski definition) is 3. The van der Waals surface area contributed by atoms with Gasteiger partial charge in [0.15, 0.2) is 0 Å². The first-order chi connectivity index (χ1) is 10.3. The molecule has 0 aliphatic carbocycles. The lowest BCUT2D eigenvalue weighted by molar-refractivity contribution is -0.114. The van der Waals surface area contributed by atoms with E-state index >= 15 is 0 Å². The molecule has 5 nitrogen and oxygen atoms in total. The lowest BCUT2D eigenvalue weighted by atomic mass is 10.2. The van der Waals surface area contributed by atoms with Crippen molar-refractivity contribution in [3.63, 3.8) is 0 Å². The quantitative estimate of drug-likeness (QED) is 0.890. The Morgan fingerprint density at radius 3 is 2.41 bits per heavy atom. The lowest BCUT2D eigenvalue weighted by Crippen LogP contribution is -2.15. The summed E-state index contributed by atoms with van der Waals surface area (Å²) < 4.78 is 27.0. The second-order valence-corrected chi connectivity index (χ2v) is 6.83. The number of carbonyl (C=O) groups is 1. The highest BCUT2D eigenvalue weighted by Gasteiger charge is 2.12. The van der Waals surface area contributed by atoms with Gasteiger partial charge in [-0.25, -0.2) is 8.42 Å². The molecule has 22 heavy (non-hydrogen) atoms. The maximum absolute atomic E-state index is 12.2. The molecule has 2 aromatic rings. The van der Waals surface area contributed by atoms with Crippen LogP contribution >= 0.6 is 0 Å². The van der Waals surface area contributed by atoms with Crippen LogP contribution in [0.25, 0.3) is 0 Å². The maximum Gasteiger partial charge on any atom is 0.236 e. The van der Waals surface area contributed by atoms with Crippen molar-refractivity contribution in [1.82, 2.24) is 0 Å². The second-order valence-electron chi connectivity index (χ2n) is 5.11. The molecule has 0 spiro atoms. The summed E-state index contributed by atoms with van der Waals surface area (Å²) in [6.45, 7) is 3.31. The van der Waals surface area contributed by atoms with Crippen molar-refractivity contribution < 1.29 is 13.2 Å². The van der Waals surface area contributed by atoms with Gasteiger partial charge >= 0.3 is 0 Å². The summed E-state index contributed by atoms with van der Waals surface area (Å²) in [5.74, 6) is -0.307. The fourth-order valence-corrected chi connectivity index (χ4v) is 3.28. The molecule has 0 heterocycles. The smallest absolute Gasteiger partial charge is 0.236 e. The van der Waals surface area contributed by atoms with Crippen LogP contribution < -0.4 is 10.0 Å². The van der Waals surface area contributed by atoms with Crippen LogP contribution in [0.2, 0.25) is 0 Å². The summed E-state index contributed by atoms with van der Waals surface area (Å²) in [5.41, 5.74) is 2.70. The predicted octanol–water partition coefficient (Wildman–Crippen LogP) is 2.90. The molecule has 116 valence electrons. The SMILES string of the molecule is CC(=O)Nc1cccc(NS(=O)(=O)Cc2cccc(C)c2)c1. The van der Waals surface area contributed by atoms with Crippen LogP contribution in [0.3, 0.4) is 0 Å². The minimum Gasteiger partial charge on any atom is -0.326 e. The van der Waals surface area contributed by atoms with Gasteiger partial charge in [-0.15, -0.1) is 0 Å². The minimum absolute atomic E-state index is 0.0982. The molecule has 0 aliphatic heterocycles. The number of nitrogens with one attached hydrogen (secondary N) is 2. The molecule has 1 amide bonds. The summed E-state index contributed by atoms with van der Waals surface area (Å²) in [7, 11) is -3.51. The van der Waals surface area contributed by atoms with Gasteiger partial charge in [0.1, 0.15) is 0 Å². The third kappa shape index (κ3) is 4.89. The van der Waals surface area contributed by atoms with Crippen molar-refractivity contribution >= 4 is 27.3 Å². The van der Waals surface area contributed by atoms with E-state index in [0.29, 0.717) is 11.4 Å². The highest BCUT2D eigenvalue weighted by Crippen LogP contribution is 2.18. The van der Waals surface area contributed by atoms with Gasteiger partial charge in [-0.1, -0.05) is 35.9 Å². The number of carbonyl (C=O) groups excluding carboxylic acids is 1. The van der Waals surface area contributed by atoms with Crippen molar-refractivity contribution in [3.05, 3.63) is 59.7 Å². The molecule has 2 N–H and O–H groups in total. The third-order valence-electron chi connectivity index (χ3n) is 2.90. The standard InChI is InChI=1S/C16H18N2O3S/c1-12-5-3-6-14(9-12)11-22(20,21)18-16-8-4-7-15(10-16)17-13(2)19/h3-10,18H,11H2,1-2H3,(H,17,19). The fraction of sp³-hybridized carbons (Fsp3) is 0.188. The van der Waals surface area contributed by atoms with Gasteiger partial charge < -0.3 is 5.32 Å². The van der Waals surface area contributed by atoms with E-state index in [1.165, 1.54) is 6.92 Å². The Morgan fingerprint density at radius 2 is 1.73 bits per heavy atom. The van der Waals surface area contributed by atoms with Crippen LogP contribution in [0.5, 0.6) is 0 Å². The van der Waals surface area contributed by atoms with Crippen LogP contribution in [-0.4, -0.2) is 14.3 Å². The van der Waals surface area contributed by atoms with Crippen molar-refractivity contribution in [3.8, 4) is 0 Å². The van der Waals surface area contributed by atoms with Gasteiger partial charge in [-0.3, -0.25) is 9.52 Å². The van der Waals surface area contributed by atoms with Crippen molar-refractivity contribution in [1.29, 1.82) is 0 Å². The Balaban J connectivity index is 2.13. The van der Waals surface area contributed by atoms with Crippen LogP contribution in [-0.2, 0) is 20.6 Å². The molecule has 0 saturated heterocycles. The molecule has 6 heteroatoms. The summed E-state index contributed by atoms with van der Waals surface area (Å²) in [5, 5.41) is 2.61. The van der Waals surface area contributed by atoms with E-state index in [9.17, 15) is 13.2 Å². The first-order valence-electron chi connectivity index (χ1n) is 6.78. The zero-order valence-electron chi connectivity index (χ0n) is 12.5. The van der Waals surface area contributed by atoms with E-state index < -0.39 is 10.0 Å². The van der Waals surface area contributed by atoms with Gasteiger partial charge in [0, 0.05) is 12.6 Å². The van der Waals surface area contributed by atoms with Crippen LogP contribution in [0, 0.1) is 6.92 Å². The topological polar surface area (TPSA) is 75.3 Å². The molecular formula is C16H18N2O3S. The Labute approximate surface area is 130 Å². The Bertz CT molecular complexity index is 785. The number of hydrogen-bond donors (Lipinski definition) is 2. The van der Waals surface area contributed by atoms with Gasteiger partial charge in [0.2, 0.25) is 15.9 Å². The second kappa shape index (κ2) is 6.62. The molecular weight excluding hydrogens is 300 g/mol.